The third-order valence-corrected chi connectivity index (χ3v) is 6.66. The number of para-hydroxylation sites is 1. The third kappa shape index (κ3) is 3.49. The second kappa shape index (κ2) is 7.95. The number of aliphatic hydroxyl groups is 1. The fourth-order valence-corrected chi connectivity index (χ4v) is 5.47. The zero-order valence-electron chi connectivity index (χ0n) is 19.1. The second-order valence-corrected chi connectivity index (χ2v) is 9.90. The Morgan fingerprint density at radius 1 is 1.15 bits per heavy atom. The average molecular weight is 453 g/mol. The number of ether oxygens (including phenoxy) is 1. The van der Waals surface area contributed by atoms with Gasteiger partial charge in [-0.15, -0.1) is 0 Å². The Morgan fingerprint density at radius 3 is 2.36 bits per heavy atom. The van der Waals surface area contributed by atoms with Crippen molar-refractivity contribution in [1.29, 1.82) is 0 Å². The van der Waals surface area contributed by atoms with Crippen LogP contribution in [0.15, 0.2) is 54.6 Å². The third-order valence-electron chi connectivity index (χ3n) is 6.66. The molecule has 0 radical (unpaired) electrons. The minimum absolute atomic E-state index is 0.0528. The molecule has 0 unspecified atom stereocenters. The molecule has 1 fully saturated rings. The number of amides is 2. The van der Waals surface area contributed by atoms with Gasteiger partial charge >= 0.3 is 6.09 Å². The molecule has 8 heteroatoms. The van der Waals surface area contributed by atoms with Gasteiger partial charge in [-0.3, -0.25) is 14.9 Å². The Morgan fingerprint density at radius 2 is 1.76 bits per heavy atom. The van der Waals surface area contributed by atoms with Crippen molar-refractivity contribution >= 4 is 17.7 Å². The van der Waals surface area contributed by atoms with Gasteiger partial charge in [-0.2, -0.15) is 0 Å². The van der Waals surface area contributed by atoms with Crippen LogP contribution in [0.1, 0.15) is 51.2 Å². The number of benzene rings is 2. The van der Waals surface area contributed by atoms with Crippen LogP contribution in [0.25, 0.3) is 0 Å². The van der Waals surface area contributed by atoms with E-state index >= 15 is 0 Å². The van der Waals surface area contributed by atoms with E-state index in [2.05, 4.69) is 0 Å². The summed E-state index contributed by atoms with van der Waals surface area (Å²) in [6.45, 7) is 6.80. The summed E-state index contributed by atoms with van der Waals surface area (Å²) in [7, 11) is 0. The highest BCUT2D eigenvalue weighted by molar-refractivity contribution is 6.22. The van der Waals surface area contributed by atoms with Crippen LogP contribution in [0, 0.1) is 16.0 Å². The molecule has 4 rings (SSSR count). The predicted molar refractivity (Wildman–Crippen MR) is 122 cm³/mol. The number of imide groups is 1. The SMILES string of the molecule is C[C@@H]1C[C@@H](O)[C@@]2(C(=O)N(C(=O)OC(C)(C)C)c3ccccc32)[C@@H](c2ccccc2)[C@@H]1[N+](=O)[O-]. The smallest absolute Gasteiger partial charge is 0.421 e. The zero-order chi connectivity index (χ0) is 24.1. The van der Waals surface area contributed by atoms with E-state index in [0.29, 0.717) is 11.1 Å². The molecule has 174 valence electrons. The van der Waals surface area contributed by atoms with Crippen molar-refractivity contribution in [3.8, 4) is 0 Å². The molecule has 5 atom stereocenters. The Kier molecular flexibility index (Phi) is 5.52. The molecule has 8 nitrogen and oxygen atoms in total. The zero-order valence-corrected chi connectivity index (χ0v) is 19.1. The first-order chi connectivity index (χ1) is 15.5. The first kappa shape index (κ1) is 22.9. The largest absolute Gasteiger partial charge is 0.443 e. The molecule has 1 aliphatic heterocycles. The van der Waals surface area contributed by atoms with E-state index in [9.17, 15) is 24.8 Å². The van der Waals surface area contributed by atoms with Crippen LogP contribution in [-0.4, -0.2) is 39.8 Å². The number of fused-ring (bicyclic) bond motifs is 2. The maximum atomic E-state index is 14.2. The van der Waals surface area contributed by atoms with Gasteiger partial charge in [-0.1, -0.05) is 55.5 Å². The Hall–Kier alpha value is -3.26. The number of anilines is 1. The summed E-state index contributed by atoms with van der Waals surface area (Å²) in [5.74, 6) is -2.16. The fraction of sp³-hybridized carbons (Fsp3) is 0.440. The second-order valence-electron chi connectivity index (χ2n) is 9.90. The van der Waals surface area contributed by atoms with Crippen LogP contribution in [0.2, 0.25) is 0 Å². The number of nitrogens with zero attached hydrogens (tertiary/aromatic N) is 2. The maximum absolute atomic E-state index is 14.2. The molecule has 1 aliphatic carbocycles. The van der Waals surface area contributed by atoms with Crippen LogP contribution in [0.5, 0.6) is 0 Å². The van der Waals surface area contributed by atoms with E-state index in [0.717, 1.165) is 4.90 Å². The van der Waals surface area contributed by atoms with E-state index in [1.807, 2.05) is 0 Å². The van der Waals surface area contributed by atoms with Crippen LogP contribution in [0.3, 0.4) is 0 Å². The quantitative estimate of drug-likeness (QED) is 0.544. The normalized spacial score (nSPS) is 29.1. The molecule has 1 heterocycles. The summed E-state index contributed by atoms with van der Waals surface area (Å²) in [5.41, 5.74) is -1.29. The summed E-state index contributed by atoms with van der Waals surface area (Å²) < 4.78 is 5.51. The fourth-order valence-electron chi connectivity index (χ4n) is 5.47. The van der Waals surface area contributed by atoms with Gasteiger partial charge in [0.15, 0.2) is 0 Å². The number of carbonyl (C=O) groups excluding carboxylic acids is 2. The van der Waals surface area contributed by atoms with E-state index in [4.69, 9.17) is 4.74 Å². The average Bonchev–Trinajstić information content (AvgIpc) is 2.99. The van der Waals surface area contributed by atoms with Crippen molar-refractivity contribution in [2.24, 2.45) is 5.92 Å². The molecular weight excluding hydrogens is 424 g/mol. The lowest BCUT2D eigenvalue weighted by molar-refractivity contribution is -0.542. The van der Waals surface area contributed by atoms with Crippen LogP contribution in [-0.2, 0) is 14.9 Å². The van der Waals surface area contributed by atoms with Crippen molar-refractivity contribution in [3.05, 3.63) is 75.8 Å². The molecule has 33 heavy (non-hydrogen) atoms. The van der Waals surface area contributed by atoms with E-state index in [1.54, 1.807) is 82.3 Å². The molecule has 1 N–H and O–H groups in total. The molecule has 1 saturated carbocycles. The van der Waals surface area contributed by atoms with Crippen molar-refractivity contribution in [2.75, 3.05) is 4.90 Å². The highest BCUT2D eigenvalue weighted by Crippen LogP contribution is 2.58. The monoisotopic (exact) mass is 452 g/mol. The van der Waals surface area contributed by atoms with Crippen molar-refractivity contribution in [3.63, 3.8) is 0 Å². The van der Waals surface area contributed by atoms with Gasteiger partial charge in [0.2, 0.25) is 6.04 Å². The molecule has 2 aromatic rings. The molecule has 2 aromatic carbocycles. The summed E-state index contributed by atoms with van der Waals surface area (Å²) in [5, 5.41) is 23.8. The molecule has 1 spiro atoms. The predicted octanol–water partition coefficient (Wildman–Crippen LogP) is 4.04. The van der Waals surface area contributed by atoms with E-state index in [1.165, 1.54) is 0 Å². The van der Waals surface area contributed by atoms with Gasteiger partial charge < -0.3 is 9.84 Å². The molecular formula is C25H28N2O6. The van der Waals surface area contributed by atoms with Crippen LogP contribution in [0.4, 0.5) is 10.5 Å². The van der Waals surface area contributed by atoms with Crippen molar-refractivity contribution in [1.82, 2.24) is 0 Å². The number of hydrogen-bond donors (Lipinski definition) is 1. The number of carbonyl (C=O) groups is 2. The summed E-state index contributed by atoms with van der Waals surface area (Å²) in [6, 6.07) is 14.3. The number of rotatable bonds is 2. The van der Waals surface area contributed by atoms with Gasteiger partial charge in [-0.05, 0) is 44.4 Å². The maximum Gasteiger partial charge on any atom is 0.421 e. The van der Waals surface area contributed by atoms with Crippen molar-refractivity contribution in [2.45, 2.75) is 63.2 Å². The number of aliphatic hydroxyl groups excluding tert-OH is 1. The number of hydrogen-bond acceptors (Lipinski definition) is 6. The van der Waals surface area contributed by atoms with Gasteiger partial charge in [0.25, 0.3) is 5.91 Å². The lowest BCUT2D eigenvalue weighted by Crippen LogP contribution is -2.62. The van der Waals surface area contributed by atoms with Gasteiger partial charge in [-0.25, -0.2) is 9.69 Å². The molecule has 0 bridgehead atoms. The van der Waals surface area contributed by atoms with Crippen LogP contribution >= 0.6 is 0 Å². The Balaban J connectivity index is 1.99. The number of nitro groups is 1. The van der Waals surface area contributed by atoms with Crippen molar-refractivity contribution < 1.29 is 24.4 Å². The van der Waals surface area contributed by atoms with Crippen LogP contribution < -0.4 is 4.90 Å². The standard InChI is InChI=1S/C25H28N2O6/c1-15-14-19(28)25(20(21(15)27(31)32)16-10-6-5-7-11-16)17-12-8-9-13-18(17)26(22(25)29)23(30)33-24(2,3)4/h5-13,15,19-21,28H,14H2,1-4H3/t15-,19-,20+,21-,25-/m1/s1. The molecule has 2 aliphatic rings. The lowest BCUT2D eigenvalue weighted by Gasteiger charge is -2.47. The summed E-state index contributed by atoms with van der Waals surface area (Å²) in [6.07, 6.45) is -2.04. The minimum Gasteiger partial charge on any atom is -0.443 e. The lowest BCUT2D eigenvalue weighted by atomic mass is 9.55. The van der Waals surface area contributed by atoms with E-state index in [-0.39, 0.29) is 17.0 Å². The summed E-state index contributed by atoms with van der Waals surface area (Å²) in [4.78, 5) is 40.2. The van der Waals surface area contributed by atoms with E-state index < -0.39 is 47.0 Å². The first-order valence-corrected chi connectivity index (χ1v) is 11.0. The molecule has 0 aromatic heterocycles. The van der Waals surface area contributed by atoms with Gasteiger partial charge in [0.05, 0.1) is 17.7 Å². The Labute approximate surface area is 192 Å². The van der Waals surface area contributed by atoms with Gasteiger partial charge in [0.1, 0.15) is 11.0 Å². The highest BCUT2D eigenvalue weighted by atomic mass is 16.6. The molecule has 0 saturated heterocycles. The minimum atomic E-state index is -1.70. The summed E-state index contributed by atoms with van der Waals surface area (Å²) >= 11 is 0. The Bertz CT molecular complexity index is 1100. The molecule has 2 amide bonds. The highest BCUT2D eigenvalue weighted by Gasteiger charge is 2.68. The first-order valence-electron chi connectivity index (χ1n) is 11.0. The topological polar surface area (TPSA) is 110 Å². The van der Waals surface area contributed by atoms with Gasteiger partial charge in [0, 0.05) is 10.8 Å².